The van der Waals surface area contributed by atoms with Crippen molar-refractivity contribution in [2.75, 3.05) is 20.1 Å². The Hall–Kier alpha value is -0.960. The zero-order chi connectivity index (χ0) is 12.9. The Morgan fingerprint density at radius 3 is 2.82 bits per heavy atom. The lowest BCUT2D eigenvalue weighted by atomic mass is 10.4. The first-order valence-corrected chi connectivity index (χ1v) is 6.73. The third kappa shape index (κ3) is 4.43. The molecule has 17 heavy (non-hydrogen) atoms. The minimum atomic E-state index is -3.48. The Kier molecular flexibility index (Phi) is 5.06. The molecular weight excluding hydrogens is 244 g/mol. The van der Waals surface area contributed by atoms with Crippen LogP contribution in [0.3, 0.4) is 0 Å². The van der Waals surface area contributed by atoms with E-state index in [9.17, 15) is 8.42 Å². The smallest absolute Gasteiger partial charge is 0.279 e. The summed E-state index contributed by atoms with van der Waals surface area (Å²) in [5, 5.41) is 3.70. The summed E-state index contributed by atoms with van der Waals surface area (Å²) in [5.74, 6) is 0.649. The van der Waals surface area contributed by atoms with Crippen molar-refractivity contribution in [1.29, 1.82) is 0 Å². The molecule has 0 saturated heterocycles. The topological polar surface area (TPSA) is 101 Å². The summed E-state index contributed by atoms with van der Waals surface area (Å²) in [6, 6.07) is 1.68. The number of hydrogen-bond acceptors (Lipinski definition) is 5. The van der Waals surface area contributed by atoms with Crippen molar-refractivity contribution in [3.05, 3.63) is 17.5 Å². The van der Waals surface area contributed by atoms with E-state index >= 15 is 0 Å². The van der Waals surface area contributed by atoms with Crippen molar-refractivity contribution in [2.45, 2.75) is 19.9 Å². The highest BCUT2D eigenvalue weighted by Crippen LogP contribution is 2.02. The molecule has 8 heteroatoms. The molecule has 3 N–H and O–H groups in total. The lowest BCUT2D eigenvalue weighted by Crippen LogP contribution is -2.38. The van der Waals surface area contributed by atoms with E-state index in [-0.39, 0.29) is 6.54 Å². The van der Waals surface area contributed by atoms with Gasteiger partial charge < -0.3 is 10.3 Å². The van der Waals surface area contributed by atoms with E-state index < -0.39 is 10.2 Å². The lowest BCUT2D eigenvalue weighted by Gasteiger charge is -2.16. The van der Waals surface area contributed by atoms with Gasteiger partial charge in [-0.2, -0.15) is 17.4 Å². The van der Waals surface area contributed by atoms with Gasteiger partial charge in [0.2, 0.25) is 0 Å². The minimum Gasteiger partial charge on any atom is -0.361 e. The van der Waals surface area contributed by atoms with Gasteiger partial charge in [-0.3, -0.25) is 0 Å². The van der Waals surface area contributed by atoms with Crippen molar-refractivity contribution >= 4 is 10.2 Å². The zero-order valence-electron chi connectivity index (χ0n) is 10.0. The fraction of sp³-hybridized carbons (Fsp3) is 0.667. The monoisotopic (exact) mass is 262 g/mol. The van der Waals surface area contributed by atoms with Gasteiger partial charge in [-0.15, -0.1) is 0 Å². The second-order valence-electron chi connectivity index (χ2n) is 3.72. The van der Waals surface area contributed by atoms with E-state index in [1.165, 1.54) is 11.4 Å². The molecule has 1 rings (SSSR count). The largest absolute Gasteiger partial charge is 0.361 e. The average molecular weight is 262 g/mol. The Labute approximate surface area is 101 Å². The molecule has 0 aliphatic carbocycles. The molecule has 0 aliphatic rings. The van der Waals surface area contributed by atoms with Gasteiger partial charge >= 0.3 is 0 Å². The number of nitrogens with two attached hydrogens (primary N) is 1. The number of rotatable bonds is 7. The number of nitrogens with zero attached hydrogens (tertiary/aromatic N) is 2. The first kappa shape index (κ1) is 14.1. The Morgan fingerprint density at radius 2 is 2.29 bits per heavy atom. The van der Waals surface area contributed by atoms with Crippen LogP contribution < -0.4 is 10.5 Å². The summed E-state index contributed by atoms with van der Waals surface area (Å²) in [7, 11) is -1.97. The van der Waals surface area contributed by atoms with Crippen LogP contribution in [0.5, 0.6) is 0 Å². The van der Waals surface area contributed by atoms with Crippen LogP contribution in [-0.2, 0) is 16.8 Å². The van der Waals surface area contributed by atoms with E-state index in [0.29, 0.717) is 31.0 Å². The molecular formula is C9H18N4O3S. The molecule has 0 spiro atoms. The Morgan fingerprint density at radius 1 is 1.59 bits per heavy atom. The Bertz CT molecular complexity index is 443. The van der Waals surface area contributed by atoms with Crippen LogP contribution in [-0.4, -0.2) is 38.0 Å². The molecule has 1 heterocycles. The van der Waals surface area contributed by atoms with E-state index in [1.54, 1.807) is 13.0 Å². The van der Waals surface area contributed by atoms with Gasteiger partial charge in [0.05, 0.1) is 12.2 Å². The summed E-state index contributed by atoms with van der Waals surface area (Å²) in [4.78, 5) is 0. The van der Waals surface area contributed by atoms with Gasteiger partial charge in [0.1, 0.15) is 5.76 Å². The van der Waals surface area contributed by atoms with Gasteiger partial charge in [-0.25, -0.2) is 0 Å². The molecule has 0 bridgehead atoms. The predicted octanol–water partition coefficient (Wildman–Crippen LogP) is -0.402. The summed E-state index contributed by atoms with van der Waals surface area (Å²) in [6.07, 6.45) is 0.625. The molecule has 0 unspecified atom stereocenters. The second kappa shape index (κ2) is 6.10. The Balaban J connectivity index is 2.49. The van der Waals surface area contributed by atoms with Gasteiger partial charge in [-0.1, -0.05) is 5.16 Å². The molecule has 1 aromatic heterocycles. The molecule has 7 nitrogen and oxygen atoms in total. The summed E-state index contributed by atoms with van der Waals surface area (Å²) in [6.45, 7) is 2.72. The fourth-order valence-electron chi connectivity index (χ4n) is 1.21. The molecule has 0 atom stereocenters. The van der Waals surface area contributed by atoms with Crippen LogP contribution in [0.1, 0.15) is 17.9 Å². The molecule has 0 radical (unpaired) electrons. The SMILES string of the molecule is Cc1cc(CNS(=O)(=O)N(C)CCCN)no1. The van der Waals surface area contributed by atoms with Gasteiger partial charge in [-0.05, 0) is 19.9 Å². The normalized spacial score (nSPS) is 12.2. The number of aromatic nitrogens is 1. The average Bonchev–Trinajstić information content (AvgIpc) is 2.69. The third-order valence-corrected chi connectivity index (χ3v) is 3.71. The molecule has 0 saturated carbocycles. The highest BCUT2D eigenvalue weighted by Gasteiger charge is 2.16. The molecule has 98 valence electrons. The van der Waals surface area contributed by atoms with Crippen LogP contribution in [0.2, 0.25) is 0 Å². The molecule has 0 aromatic carbocycles. The highest BCUT2D eigenvalue weighted by atomic mass is 32.2. The van der Waals surface area contributed by atoms with E-state index in [2.05, 4.69) is 9.88 Å². The standard InChI is InChI=1S/C9H18N4O3S/c1-8-6-9(12-16-8)7-11-17(14,15)13(2)5-3-4-10/h6,11H,3-5,7,10H2,1-2H3. The highest BCUT2D eigenvalue weighted by molar-refractivity contribution is 7.87. The van der Waals surface area contributed by atoms with Gasteiger partial charge in [0.25, 0.3) is 10.2 Å². The van der Waals surface area contributed by atoms with Crippen molar-refractivity contribution in [3.63, 3.8) is 0 Å². The third-order valence-electron chi connectivity index (χ3n) is 2.20. The van der Waals surface area contributed by atoms with E-state index in [0.717, 1.165) is 0 Å². The lowest BCUT2D eigenvalue weighted by molar-refractivity contribution is 0.389. The van der Waals surface area contributed by atoms with Crippen molar-refractivity contribution in [2.24, 2.45) is 5.73 Å². The maximum Gasteiger partial charge on any atom is 0.279 e. The molecule has 0 amide bonds. The summed E-state index contributed by atoms with van der Waals surface area (Å²) in [5.41, 5.74) is 5.88. The first-order valence-electron chi connectivity index (χ1n) is 5.29. The van der Waals surface area contributed by atoms with Crippen molar-refractivity contribution in [3.8, 4) is 0 Å². The van der Waals surface area contributed by atoms with Crippen LogP contribution in [0.15, 0.2) is 10.6 Å². The molecule has 1 aromatic rings. The van der Waals surface area contributed by atoms with E-state index in [1.807, 2.05) is 0 Å². The van der Waals surface area contributed by atoms with Crippen molar-refractivity contribution < 1.29 is 12.9 Å². The summed E-state index contributed by atoms with van der Waals surface area (Å²) >= 11 is 0. The number of hydrogen-bond donors (Lipinski definition) is 2. The molecule has 0 aliphatic heterocycles. The van der Waals surface area contributed by atoms with Crippen molar-refractivity contribution in [1.82, 2.24) is 14.2 Å². The van der Waals surface area contributed by atoms with E-state index in [4.69, 9.17) is 10.3 Å². The fourth-order valence-corrected chi connectivity index (χ4v) is 2.13. The van der Waals surface area contributed by atoms with Crippen LogP contribution in [0.4, 0.5) is 0 Å². The van der Waals surface area contributed by atoms with Crippen LogP contribution >= 0.6 is 0 Å². The van der Waals surface area contributed by atoms with Crippen LogP contribution in [0, 0.1) is 6.92 Å². The first-order chi connectivity index (χ1) is 7.95. The predicted molar refractivity (Wildman–Crippen MR) is 63.3 cm³/mol. The quantitative estimate of drug-likeness (QED) is 0.696. The minimum absolute atomic E-state index is 0.118. The molecule has 0 fully saturated rings. The maximum absolute atomic E-state index is 11.7. The number of nitrogens with one attached hydrogen (secondary N) is 1. The second-order valence-corrected chi connectivity index (χ2v) is 5.58. The zero-order valence-corrected chi connectivity index (χ0v) is 10.8. The number of aryl methyl sites for hydroxylation is 1. The summed E-state index contributed by atoms with van der Waals surface area (Å²) < 4.78 is 32.0. The van der Waals surface area contributed by atoms with Crippen LogP contribution in [0.25, 0.3) is 0 Å². The maximum atomic E-state index is 11.7. The van der Waals surface area contributed by atoms with Gasteiger partial charge in [0.15, 0.2) is 0 Å². The van der Waals surface area contributed by atoms with Gasteiger partial charge in [0, 0.05) is 19.7 Å².